The molecule has 3 heterocycles. The molecule has 27 heavy (non-hydrogen) atoms. The van der Waals surface area contributed by atoms with Gasteiger partial charge in [0.15, 0.2) is 0 Å². The number of aromatic nitrogens is 2. The molecule has 1 atom stereocenters. The van der Waals surface area contributed by atoms with Crippen LogP contribution in [0.25, 0.3) is 0 Å². The van der Waals surface area contributed by atoms with E-state index in [2.05, 4.69) is 71.0 Å². The molecule has 144 valence electrons. The molecule has 0 saturated carbocycles. The molecule has 1 aromatic carbocycles. The van der Waals surface area contributed by atoms with Crippen LogP contribution in [0.1, 0.15) is 12.8 Å². The molecule has 1 unspecified atom stereocenters. The zero-order valence-corrected chi connectivity index (χ0v) is 16.8. The van der Waals surface area contributed by atoms with Crippen LogP contribution >= 0.6 is 15.9 Å². The molecular formula is C19H25BrN6O. The van der Waals surface area contributed by atoms with Crippen LogP contribution in [-0.2, 0) is 4.74 Å². The fourth-order valence-corrected chi connectivity index (χ4v) is 3.71. The number of hydrogen-bond donors (Lipinski definition) is 3. The summed E-state index contributed by atoms with van der Waals surface area (Å²) in [6.45, 7) is 5.77. The zero-order chi connectivity index (χ0) is 18.5. The van der Waals surface area contributed by atoms with Gasteiger partial charge in [0, 0.05) is 56.9 Å². The van der Waals surface area contributed by atoms with E-state index in [-0.39, 0.29) is 6.10 Å². The molecule has 2 aromatic rings. The first-order valence-electron chi connectivity index (χ1n) is 9.49. The van der Waals surface area contributed by atoms with Crippen molar-refractivity contribution in [2.24, 2.45) is 0 Å². The maximum atomic E-state index is 5.66. The van der Waals surface area contributed by atoms with Crippen molar-refractivity contribution in [2.45, 2.75) is 18.9 Å². The number of rotatable bonds is 6. The summed E-state index contributed by atoms with van der Waals surface area (Å²) in [6, 6.07) is 8.43. The van der Waals surface area contributed by atoms with Gasteiger partial charge in [-0.25, -0.2) is 4.98 Å². The highest BCUT2D eigenvalue weighted by Crippen LogP contribution is 2.24. The highest BCUT2D eigenvalue weighted by molar-refractivity contribution is 9.10. The quantitative estimate of drug-likeness (QED) is 0.647. The molecule has 4 rings (SSSR count). The second kappa shape index (κ2) is 8.86. The van der Waals surface area contributed by atoms with Crippen molar-refractivity contribution < 1.29 is 4.74 Å². The van der Waals surface area contributed by atoms with Gasteiger partial charge in [-0.05, 0) is 53.0 Å². The van der Waals surface area contributed by atoms with Crippen molar-refractivity contribution in [1.29, 1.82) is 0 Å². The highest BCUT2D eigenvalue weighted by Gasteiger charge is 2.16. The van der Waals surface area contributed by atoms with Crippen LogP contribution in [0, 0.1) is 0 Å². The Labute approximate surface area is 168 Å². The zero-order valence-electron chi connectivity index (χ0n) is 15.2. The van der Waals surface area contributed by atoms with E-state index in [1.54, 1.807) is 6.20 Å². The number of nitrogens with zero attached hydrogens (tertiary/aromatic N) is 3. The minimum atomic E-state index is 0.265. The highest BCUT2D eigenvalue weighted by atomic mass is 79.9. The fraction of sp³-hybridized carbons (Fsp3) is 0.474. The minimum Gasteiger partial charge on any atom is -0.376 e. The van der Waals surface area contributed by atoms with E-state index >= 15 is 0 Å². The van der Waals surface area contributed by atoms with Crippen molar-refractivity contribution in [3.05, 3.63) is 34.9 Å². The van der Waals surface area contributed by atoms with Crippen LogP contribution < -0.4 is 20.9 Å². The molecule has 2 aliphatic rings. The maximum absolute atomic E-state index is 5.66. The average molecular weight is 433 g/mol. The molecule has 8 heteroatoms. The van der Waals surface area contributed by atoms with Crippen molar-refractivity contribution in [2.75, 3.05) is 54.9 Å². The number of piperazine rings is 1. The lowest BCUT2D eigenvalue weighted by atomic mass is 10.2. The van der Waals surface area contributed by atoms with Gasteiger partial charge in [-0.2, -0.15) is 4.98 Å². The number of hydrogen-bond acceptors (Lipinski definition) is 7. The van der Waals surface area contributed by atoms with Gasteiger partial charge in [0.1, 0.15) is 5.82 Å². The third kappa shape index (κ3) is 4.88. The molecule has 2 aliphatic heterocycles. The van der Waals surface area contributed by atoms with Gasteiger partial charge >= 0.3 is 0 Å². The second-order valence-electron chi connectivity index (χ2n) is 6.82. The van der Waals surface area contributed by atoms with E-state index in [0.29, 0.717) is 5.95 Å². The monoisotopic (exact) mass is 432 g/mol. The molecular weight excluding hydrogens is 408 g/mol. The first-order valence-corrected chi connectivity index (χ1v) is 10.3. The second-order valence-corrected chi connectivity index (χ2v) is 7.67. The Balaban J connectivity index is 1.38. The van der Waals surface area contributed by atoms with Gasteiger partial charge in [-0.3, -0.25) is 0 Å². The predicted molar refractivity (Wildman–Crippen MR) is 112 cm³/mol. The van der Waals surface area contributed by atoms with Crippen molar-refractivity contribution in [3.63, 3.8) is 0 Å². The van der Waals surface area contributed by atoms with Crippen LogP contribution in [0.4, 0.5) is 23.1 Å². The molecule has 0 aliphatic carbocycles. The SMILES string of the molecule is Brc1cnc(Nc2ccc(N3CCNCC3)cc2)nc1NCC1CCCO1. The maximum Gasteiger partial charge on any atom is 0.229 e. The molecule has 1 aromatic heterocycles. The van der Waals surface area contributed by atoms with Gasteiger partial charge in [0.05, 0.1) is 10.6 Å². The number of anilines is 4. The van der Waals surface area contributed by atoms with Crippen LogP contribution in [0.3, 0.4) is 0 Å². The molecule has 0 radical (unpaired) electrons. The number of halogens is 1. The Morgan fingerprint density at radius 3 is 2.78 bits per heavy atom. The summed E-state index contributed by atoms with van der Waals surface area (Å²) in [4.78, 5) is 11.3. The normalized spacial score (nSPS) is 19.9. The van der Waals surface area contributed by atoms with E-state index in [9.17, 15) is 0 Å². The van der Waals surface area contributed by atoms with Crippen LogP contribution in [-0.4, -0.2) is 55.4 Å². The Hall–Kier alpha value is -1.90. The van der Waals surface area contributed by atoms with Crippen molar-refractivity contribution in [1.82, 2.24) is 15.3 Å². The van der Waals surface area contributed by atoms with Gasteiger partial charge in [0.25, 0.3) is 0 Å². The molecule has 2 saturated heterocycles. The molecule has 7 nitrogen and oxygen atoms in total. The average Bonchev–Trinajstić information content (AvgIpc) is 3.23. The van der Waals surface area contributed by atoms with Gasteiger partial charge in [-0.15, -0.1) is 0 Å². The Morgan fingerprint density at radius 2 is 2.04 bits per heavy atom. The summed E-state index contributed by atoms with van der Waals surface area (Å²) >= 11 is 3.51. The van der Waals surface area contributed by atoms with Crippen molar-refractivity contribution in [3.8, 4) is 0 Å². The summed E-state index contributed by atoms with van der Waals surface area (Å²) in [5.41, 5.74) is 2.22. The van der Waals surface area contributed by atoms with E-state index < -0.39 is 0 Å². The number of ether oxygens (including phenoxy) is 1. The molecule has 0 spiro atoms. The lowest BCUT2D eigenvalue weighted by molar-refractivity contribution is 0.120. The number of nitrogens with one attached hydrogen (secondary N) is 3. The Morgan fingerprint density at radius 1 is 1.22 bits per heavy atom. The summed E-state index contributed by atoms with van der Waals surface area (Å²) < 4.78 is 6.50. The molecule has 2 fully saturated rings. The summed E-state index contributed by atoms with van der Waals surface area (Å²) in [6.07, 6.45) is 4.26. The van der Waals surface area contributed by atoms with Crippen LogP contribution in [0.5, 0.6) is 0 Å². The largest absolute Gasteiger partial charge is 0.376 e. The molecule has 0 bridgehead atoms. The van der Waals surface area contributed by atoms with Gasteiger partial charge < -0.3 is 25.6 Å². The van der Waals surface area contributed by atoms with Gasteiger partial charge in [-0.1, -0.05) is 0 Å². The third-order valence-corrected chi connectivity index (χ3v) is 5.45. The number of benzene rings is 1. The van der Waals surface area contributed by atoms with E-state index in [1.807, 2.05) is 0 Å². The fourth-order valence-electron chi connectivity index (χ4n) is 3.37. The van der Waals surface area contributed by atoms with Crippen LogP contribution in [0.2, 0.25) is 0 Å². The Bertz CT molecular complexity index is 744. The third-order valence-electron chi connectivity index (χ3n) is 4.87. The molecule has 0 amide bonds. The van der Waals surface area contributed by atoms with Crippen molar-refractivity contribution >= 4 is 39.1 Å². The molecule has 3 N–H and O–H groups in total. The smallest absolute Gasteiger partial charge is 0.229 e. The first-order chi connectivity index (χ1) is 13.3. The first kappa shape index (κ1) is 18.5. The van der Waals surface area contributed by atoms with Gasteiger partial charge in [0.2, 0.25) is 5.95 Å². The van der Waals surface area contributed by atoms with Crippen LogP contribution in [0.15, 0.2) is 34.9 Å². The predicted octanol–water partition coefficient (Wildman–Crippen LogP) is 2.98. The lowest BCUT2D eigenvalue weighted by Gasteiger charge is -2.29. The summed E-state index contributed by atoms with van der Waals surface area (Å²) in [5, 5.41) is 10.0. The Kier molecular flexibility index (Phi) is 6.06. The van der Waals surface area contributed by atoms with E-state index in [1.165, 1.54) is 5.69 Å². The van der Waals surface area contributed by atoms with E-state index in [0.717, 1.165) is 68.2 Å². The minimum absolute atomic E-state index is 0.265. The lowest BCUT2D eigenvalue weighted by Crippen LogP contribution is -2.43. The topological polar surface area (TPSA) is 74.3 Å². The summed E-state index contributed by atoms with van der Waals surface area (Å²) in [7, 11) is 0. The van der Waals surface area contributed by atoms with E-state index in [4.69, 9.17) is 4.74 Å². The standard InChI is InChI=1S/C19H25BrN6O/c20-17-13-23-19(25-18(17)22-12-16-2-1-11-27-16)24-14-3-5-15(6-4-14)26-9-7-21-8-10-26/h3-6,13,16,21H,1-2,7-12H2,(H2,22,23,24,25). The summed E-state index contributed by atoms with van der Waals surface area (Å²) in [5.74, 6) is 1.35.